The van der Waals surface area contributed by atoms with Gasteiger partial charge in [-0.25, -0.2) is 23.6 Å². The Bertz CT molecular complexity index is 746. The van der Waals surface area contributed by atoms with Gasteiger partial charge in [-0.05, 0) is 25.8 Å². The molecule has 0 bridgehead atoms. The molecule has 2 rings (SSSR count). The lowest BCUT2D eigenvalue weighted by atomic mass is 10.3. The highest BCUT2D eigenvalue weighted by molar-refractivity contribution is 5.97. The number of hydrogen-bond donors (Lipinski definition) is 1. The van der Waals surface area contributed by atoms with Crippen LogP contribution in [0.3, 0.4) is 0 Å². The maximum Gasteiger partial charge on any atom is 0.328 e. The van der Waals surface area contributed by atoms with E-state index in [-0.39, 0.29) is 30.6 Å². The molecule has 7 nitrogen and oxygen atoms in total. The Kier molecular flexibility index (Phi) is 5.35. The van der Waals surface area contributed by atoms with Crippen LogP contribution in [-0.2, 0) is 4.79 Å². The summed E-state index contributed by atoms with van der Waals surface area (Å²) in [6, 6.07) is 1.93. The average Bonchev–Trinajstić information content (AvgIpc) is 2.53. The van der Waals surface area contributed by atoms with E-state index in [0.717, 1.165) is 12.1 Å². The molecular weight excluding hydrogens is 322 g/mol. The second-order valence-corrected chi connectivity index (χ2v) is 4.77. The van der Waals surface area contributed by atoms with Gasteiger partial charge >= 0.3 is 12.1 Å². The molecule has 126 valence electrons. The molecule has 1 aromatic carbocycles. The summed E-state index contributed by atoms with van der Waals surface area (Å²) < 4.78 is 31.5. The maximum atomic E-state index is 13.5. The predicted molar refractivity (Wildman–Crippen MR) is 82.6 cm³/mol. The van der Waals surface area contributed by atoms with Crippen molar-refractivity contribution >= 4 is 24.7 Å². The minimum atomic E-state index is -0.916. The quantitative estimate of drug-likeness (QED) is 0.678. The van der Waals surface area contributed by atoms with E-state index < -0.39 is 17.7 Å². The summed E-state index contributed by atoms with van der Waals surface area (Å²) in [5, 5.41) is 2.17. The van der Waals surface area contributed by atoms with E-state index >= 15 is 0 Å². The Morgan fingerprint density at radius 1 is 1.42 bits per heavy atom. The molecule has 1 saturated heterocycles. The second kappa shape index (κ2) is 7.44. The molecule has 3 amide bonds. The topological polar surface area (TPSA) is 83.4 Å². The number of carbonyl (C=O) groups excluding carboxylic acids is 2. The first-order valence-corrected chi connectivity index (χ1v) is 6.86. The number of amides is 3. The minimum Gasteiger partial charge on any atom is -0.421 e. The average molecular weight is 336 g/mol. The van der Waals surface area contributed by atoms with E-state index in [2.05, 4.69) is 22.0 Å². The van der Waals surface area contributed by atoms with Crippen LogP contribution in [0.4, 0.5) is 13.6 Å². The lowest BCUT2D eigenvalue weighted by molar-refractivity contribution is -0.121. The third-order valence-corrected chi connectivity index (χ3v) is 3.07. The molecule has 0 saturated carbocycles. The van der Waals surface area contributed by atoms with Gasteiger partial charge in [0.25, 0.3) is 0 Å². The number of rotatable bonds is 3. The fourth-order valence-electron chi connectivity index (χ4n) is 1.87. The fraction of sp³-hybridized carbons (Fsp3) is 0.200. The molecule has 1 N–H and O–H groups in total. The van der Waals surface area contributed by atoms with Gasteiger partial charge < -0.3 is 4.74 Å². The van der Waals surface area contributed by atoms with E-state index in [4.69, 9.17) is 4.74 Å². The van der Waals surface area contributed by atoms with Gasteiger partial charge in [0.1, 0.15) is 5.82 Å². The Morgan fingerprint density at radius 3 is 2.79 bits per heavy atom. The summed E-state index contributed by atoms with van der Waals surface area (Å²) in [6.07, 6.45) is 1.44. The first kappa shape index (κ1) is 17.3. The number of allylic oxidation sites excluding steroid dienone is 1. The van der Waals surface area contributed by atoms with Crippen LogP contribution in [0.1, 0.15) is 13.3 Å². The van der Waals surface area contributed by atoms with Crippen molar-refractivity contribution in [3.05, 3.63) is 41.7 Å². The number of ether oxygens (including phenoxy) is 1. The van der Waals surface area contributed by atoms with Crippen LogP contribution >= 0.6 is 0 Å². The van der Waals surface area contributed by atoms with Crippen molar-refractivity contribution in [1.82, 2.24) is 10.2 Å². The molecule has 0 aliphatic carbocycles. The predicted octanol–water partition coefficient (Wildman–Crippen LogP) is 2.20. The van der Waals surface area contributed by atoms with Crippen LogP contribution in [0.25, 0.3) is 0 Å². The Morgan fingerprint density at radius 2 is 2.17 bits per heavy atom. The molecule has 9 heteroatoms. The number of halogens is 2. The molecule has 1 fully saturated rings. The van der Waals surface area contributed by atoms with Gasteiger partial charge in [-0.2, -0.15) is 0 Å². The lowest BCUT2D eigenvalue weighted by Crippen LogP contribution is -2.48. The number of benzene rings is 1. The van der Waals surface area contributed by atoms with Crippen molar-refractivity contribution < 1.29 is 23.1 Å². The molecule has 0 aromatic heterocycles. The van der Waals surface area contributed by atoms with Gasteiger partial charge in [0.2, 0.25) is 5.91 Å². The van der Waals surface area contributed by atoms with Crippen molar-refractivity contribution in [2.45, 2.75) is 13.3 Å². The zero-order valence-electron chi connectivity index (χ0n) is 12.8. The summed E-state index contributed by atoms with van der Waals surface area (Å²) in [5.41, 5.74) is 0.421. The van der Waals surface area contributed by atoms with E-state index in [9.17, 15) is 18.4 Å². The number of hydrogen-bond acceptors (Lipinski definition) is 4. The first-order valence-electron chi connectivity index (χ1n) is 6.86. The van der Waals surface area contributed by atoms with E-state index in [1.165, 1.54) is 11.1 Å². The van der Waals surface area contributed by atoms with Crippen molar-refractivity contribution in [1.29, 1.82) is 0 Å². The van der Waals surface area contributed by atoms with Gasteiger partial charge in [-0.15, -0.1) is 0 Å². The van der Waals surface area contributed by atoms with Crippen molar-refractivity contribution in [2.75, 3.05) is 6.54 Å². The number of carbonyl (C=O) groups is 2. The van der Waals surface area contributed by atoms with E-state index in [1.807, 2.05) is 0 Å². The van der Waals surface area contributed by atoms with Crippen LogP contribution < -0.4 is 10.1 Å². The SMILES string of the molecule is C=N/C(=N\C=C(/C)N1CCC(=O)NC1=O)Oc1ccc(F)cc1F. The number of aliphatic imine (C=N–C) groups is 2. The molecule has 0 spiro atoms. The molecule has 0 unspecified atom stereocenters. The molecule has 24 heavy (non-hydrogen) atoms. The van der Waals surface area contributed by atoms with Crippen LogP contribution in [0.2, 0.25) is 0 Å². The van der Waals surface area contributed by atoms with Gasteiger partial charge in [0, 0.05) is 24.7 Å². The number of nitrogens with one attached hydrogen (secondary N) is 1. The molecule has 0 atom stereocenters. The molecule has 1 aliphatic heterocycles. The summed E-state index contributed by atoms with van der Waals surface area (Å²) >= 11 is 0. The maximum absolute atomic E-state index is 13.5. The molecule has 1 aliphatic rings. The summed E-state index contributed by atoms with van der Waals surface area (Å²) in [4.78, 5) is 31.5. The van der Waals surface area contributed by atoms with E-state index in [1.54, 1.807) is 6.92 Å². The Hall–Kier alpha value is -3.10. The van der Waals surface area contributed by atoms with Crippen LogP contribution in [0.15, 0.2) is 40.1 Å². The zero-order chi connectivity index (χ0) is 17.7. The minimum absolute atomic E-state index is 0.171. The largest absolute Gasteiger partial charge is 0.421 e. The van der Waals surface area contributed by atoms with Gasteiger partial charge in [0.05, 0.1) is 6.20 Å². The monoisotopic (exact) mass is 336 g/mol. The number of urea groups is 1. The number of amidine groups is 1. The van der Waals surface area contributed by atoms with Crippen LogP contribution in [0, 0.1) is 11.6 Å². The highest BCUT2D eigenvalue weighted by Gasteiger charge is 2.23. The Labute approximate surface area is 136 Å². The van der Waals surface area contributed by atoms with Crippen molar-refractivity contribution in [3.63, 3.8) is 0 Å². The third kappa shape index (κ3) is 4.22. The fourth-order valence-corrected chi connectivity index (χ4v) is 1.87. The van der Waals surface area contributed by atoms with Crippen LogP contribution in [-0.4, -0.2) is 36.1 Å². The Balaban J connectivity index is 2.13. The second-order valence-electron chi connectivity index (χ2n) is 4.77. The standard InChI is InChI=1S/C15H14F2N4O3/c1-9(21-6-5-13(22)20-15(21)23)8-19-14(18-2)24-12-4-3-10(16)7-11(12)17/h3-4,7-8H,2,5-6H2,1H3,(H,20,22,23)/b9-8+,19-14+. The number of imide groups is 1. The summed E-state index contributed by atoms with van der Waals surface area (Å²) in [6.45, 7) is 5.06. The third-order valence-electron chi connectivity index (χ3n) is 3.07. The highest BCUT2D eigenvalue weighted by Crippen LogP contribution is 2.18. The van der Waals surface area contributed by atoms with Gasteiger partial charge in [-0.3, -0.25) is 15.0 Å². The molecule has 1 aromatic rings. The summed E-state index contributed by atoms with van der Waals surface area (Å²) in [5.74, 6) is -2.28. The van der Waals surface area contributed by atoms with E-state index in [0.29, 0.717) is 11.8 Å². The lowest BCUT2D eigenvalue weighted by Gasteiger charge is -2.26. The highest BCUT2D eigenvalue weighted by atomic mass is 19.1. The molecule has 1 heterocycles. The first-order chi connectivity index (χ1) is 11.4. The number of nitrogens with zero attached hydrogens (tertiary/aromatic N) is 3. The van der Waals surface area contributed by atoms with Gasteiger partial charge in [-0.1, -0.05) is 0 Å². The zero-order valence-corrected chi connectivity index (χ0v) is 12.8. The molecular formula is C15H14F2N4O3. The smallest absolute Gasteiger partial charge is 0.328 e. The normalized spacial score (nSPS) is 16.0. The molecule has 0 radical (unpaired) electrons. The van der Waals surface area contributed by atoms with Crippen molar-refractivity contribution in [3.8, 4) is 5.75 Å². The summed E-state index contributed by atoms with van der Waals surface area (Å²) in [7, 11) is 0. The van der Waals surface area contributed by atoms with Crippen LogP contribution in [0.5, 0.6) is 5.75 Å². The van der Waals surface area contributed by atoms with Crippen molar-refractivity contribution in [2.24, 2.45) is 9.98 Å². The van der Waals surface area contributed by atoms with Gasteiger partial charge in [0.15, 0.2) is 11.6 Å².